The first-order valence-electron chi connectivity index (χ1n) is 5.55. The van der Waals surface area contributed by atoms with Crippen LogP contribution in [0.2, 0.25) is 0 Å². The lowest BCUT2D eigenvalue weighted by atomic mass is 10.2. The Morgan fingerprint density at radius 3 is 2.74 bits per heavy atom. The van der Waals surface area contributed by atoms with Crippen LogP contribution in [-0.4, -0.2) is 18.0 Å². The van der Waals surface area contributed by atoms with Gasteiger partial charge in [-0.2, -0.15) is 5.26 Å². The summed E-state index contributed by atoms with van der Waals surface area (Å²) in [4.78, 5) is 15.9. The van der Waals surface area contributed by atoms with Gasteiger partial charge in [0.05, 0.1) is 18.4 Å². The number of amides is 1. The second-order valence-electron chi connectivity index (χ2n) is 3.70. The van der Waals surface area contributed by atoms with E-state index in [2.05, 4.69) is 10.3 Å². The number of carbonyl (C=O) groups excluding carboxylic acids is 1. The average Bonchev–Trinajstić information content (AvgIpc) is 2.48. The zero-order chi connectivity index (χ0) is 13.7. The minimum atomic E-state index is -0.353. The molecule has 1 amide bonds. The van der Waals surface area contributed by atoms with Crippen molar-refractivity contribution in [3.63, 3.8) is 0 Å². The van der Waals surface area contributed by atoms with E-state index in [1.54, 1.807) is 24.3 Å². The number of nitrogens with zero attached hydrogens (tertiary/aromatic N) is 2. The van der Waals surface area contributed by atoms with Crippen LogP contribution in [0.5, 0.6) is 5.75 Å². The Hall–Kier alpha value is -2.87. The molecule has 0 aliphatic rings. The van der Waals surface area contributed by atoms with Crippen LogP contribution in [-0.2, 0) is 0 Å². The largest absolute Gasteiger partial charge is 0.495 e. The van der Waals surface area contributed by atoms with Crippen molar-refractivity contribution in [2.24, 2.45) is 0 Å². The second kappa shape index (κ2) is 5.65. The summed E-state index contributed by atoms with van der Waals surface area (Å²) in [6.07, 6.45) is 1.36. The topological polar surface area (TPSA) is 75.0 Å². The lowest BCUT2D eigenvalue weighted by Gasteiger charge is -2.09. The molecule has 2 aromatic rings. The molecular formula is C14H11N3O2. The third-order valence-electron chi connectivity index (χ3n) is 2.48. The summed E-state index contributed by atoms with van der Waals surface area (Å²) in [5.74, 6) is 0.221. The van der Waals surface area contributed by atoms with Crippen molar-refractivity contribution < 1.29 is 9.53 Å². The zero-order valence-corrected chi connectivity index (χ0v) is 10.3. The minimum Gasteiger partial charge on any atom is -0.495 e. The van der Waals surface area contributed by atoms with Gasteiger partial charge in [0.1, 0.15) is 17.5 Å². The number of benzene rings is 1. The van der Waals surface area contributed by atoms with E-state index in [1.165, 1.54) is 19.4 Å². The van der Waals surface area contributed by atoms with E-state index in [0.29, 0.717) is 17.0 Å². The first kappa shape index (κ1) is 12.6. The van der Waals surface area contributed by atoms with Crippen molar-refractivity contribution in [1.29, 1.82) is 5.26 Å². The summed E-state index contributed by atoms with van der Waals surface area (Å²) < 4.78 is 5.14. The number of para-hydroxylation sites is 2. The van der Waals surface area contributed by atoms with Gasteiger partial charge in [0, 0.05) is 6.20 Å². The number of hydrogen-bond donors (Lipinski definition) is 1. The predicted molar refractivity (Wildman–Crippen MR) is 69.9 cm³/mol. The number of carbonyl (C=O) groups is 1. The van der Waals surface area contributed by atoms with Crippen LogP contribution in [0.3, 0.4) is 0 Å². The third-order valence-corrected chi connectivity index (χ3v) is 2.48. The number of nitrogens with one attached hydrogen (secondary N) is 1. The quantitative estimate of drug-likeness (QED) is 0.910. The highest BCUT2D eigenvalue weighted by Gasteiger charge is 2.10. The molecule has 94 valence electrons. The average molecular weight is 253 g/mol. The number of nitriles is 1. The van der Waals surface area contributed by atoms with Crippen LogP contribution in [0, 0.1) is 11.3 Å². The first-order valence-corrected chi connectivity index (χ1v) is 5.55. The molecule has 1 heterocycles. The van der Waals surface area contributed by atoms with Gasteiger partial charge in [0.25, 0.3) is 5.91 Å². The van der Waals surface area contributed by atoms with Gasteiger partial charge >= 0.3 is 0 Å². The van der Waals surface area contributed by atoms with Crippen LogP contribution in [0.1, 0.15) is 16.1 Å². The number of hydrogen-bond acceptors (Lipinski definition) is 4. The van der Waals surface area contributed by atoms with Crippen molar-refractivity contribution in [1.82, 2.24) is 4.98 Å². The molecule has 0 radical (unpaired) electrons. The predicted octanol–water partition coefficient (Wildman–Crippen LogP) is 2.21. The number of aromatic nitrogens is 1. The zero-order valence-electron chi connectivity index (χ0n) is 10.3. The van der Waals surface area contributed by atoms with Gasteiger partial charge in [0.2, 0.25) is 0 Å². The maximum Gasteiger partial charge on any atom is 0.274 e. The van der Waals surface area contributed by atoms with Gasteiger partial charge in [-0.3, -0.25) is 4.79 Å². The van der Waals surface area contributed by atoms with Crippen molar-refractivity contribution >= 4 is 11.6 Å². The molecule has 1 aromatic heterocycles. The Balaban J connectivity index is 2.18. The van der Waals surface area contributed by atoms with Gasteiger partial charge < -0.3 is 10.1 Å². The molecule has 5 nitrogen and oxygen atoms in total. The molecule has 0 saturated carbocycles. The smallest absolute Gasteiger partial charge is 0.274 e. The van der Waals surface area contributed by atoms with Crippen LogP contribution >= 0.6 is 0 Å². The van der Waals surface area contributed by atoms with Gasteiger partial charge in [0.15, 0.2) is 0 Å². The molecule has 19 heavy (non-hydrogen) atoms. The van der Waals surface area contributed by atoms with Crippen LogP contribution < -0.4 is 10.1 Å². The van der Waals surface area contributed by atoms with Crippen molar-refractivity contribution in [3.05, 3.63) is 53.9 Å². The highest BCUT2D eigenvalue weighted by Crippen LogP contribution is 2.23. The molecule has 0 aliphatic heterocycles. The van der Waals surface area contributed by atoms with Crippen LogP contribution in [0.25, 0.3) is 0 Å². The monoisotopic (exact) mass is 253 g/mol. The van der Waals surface area contributed by atoms with E-state index in [0.717, 1.165) is 0 Å². The second-order valence-corrected chi connectivity index (χ2v) is 3.70. The fourth-order valence-corrected chi connectivity index (χ4v) is 1.53. The molecule has 0 fully saturated rings. The van der Waals surface area contributed by atoms with Crippen LogP contribution in [0.4, 0.5) is 5.69 Å². The van der Waals surface area contributed by atoms with Crippen molar-refractivity contribution in [2.75, 3.05) is 12.4 Å². The number of pyridine rings is 1. The Labute approximate surface area is 110 Å². The van der Waals surface area contributed by atoms with E-state index in [9.17, 15) is 4.79 Å². The molecule has 0 bridgehead atoms. The summed E-state index contributed by atoms with van der Waals surface area (Å²) in [6, 6.07) is 12.1. The lowest BCUT2D eigenvalue weighted by molar-refractivity contribution is 0.102. The molecular weight excluding hydrogens is 242 g/mol. The Kier molecular flexibility index (Phi) is 3.74. The molecule has 0 spiro atoms. The van der Waals surface area contributed by atoms with Crippen LogP contribution in [0.15, 0.2) is 42.6 Å². The Morgan fingerprint density at radius 2 is 2.11 bits per heavy atom. The lowest BCUT2D eigenvalue weighted by Crippen LogP contribution is -2.14. The maximum absolute atomic E-state index is 12.0. The van der Waals surface area contributed by atoms with Gasteiger partial charge in [-0.1, -0.05) is 12.1 Å². The molecule has 0 unspecified atom stereocenters. The minimum absolute atomic E-state index is 0.241. The number of anilines is 1. The summed E-state index contributed by atoms with van der Waals surface area (Å²) in [5.41, 5.74) is 1.22. The molecule has 2 rings (SSSR count). The number of rotatable bonds is 3. The number of methoxy groups -OCH3 is 1. The molecule has 1 N–H and O–H groups in total. The summed E-state index contributed by atoms with van der Waals surface area (Å²) in [7, 11) is 1.53. The molecule has 0 aliphatic carbocycles. The molecule has 0 saturated heterocycles. The first-order chi connectivity index (χ1) is 9.24. The Bertz CT molecular complexity index is 630. The molecule has 1 aromatic carbocycles. The summed E-state index contributed by atoms with van der Waals surface area (Å²) >= 11 is 0. The van der Waals surface area contributed by atoms with Crippen molar-refractivity contribution in [2.45, 2.75) is 0 Å². The fourth-order valence-electron chi connectivity index (χ4n) is 1.53. The maximum atomic E-state index is 12.0. The fraction of sp³-hybridized carbons (Fsp3) is 0.0714. The highest BCUT2D eigenvalue weighted by atomic mass is 16.5. The van der Waals surface area contributed by atoms with E-state index < -0.39 is 0 Å². The normalized spacial score (nSPS) is 9.47. The van der Waals surface area contributed by atoms with Gasteiger partial charge in [-0.05, 0) is 24.3 Å². The van der Waals surface area contributed by atoms with E-state index in [1.807, 2.05) is 12.1 Å². The van der Waals surface area contributed by atoms with E-state index in [-0.39, 0.29) is 11.6 Å². The molecule has 0 atom stereocenters. The van der Waals surface area contributed by atoms with E-state index >= 15 is 0 Å². The van der Waals surface area contributed by atoms with E-state index in [4.69, 9.17) is 10.00 Å². The molecule has 5 heteroatoms. The highest BCUT2D eigenvalue weighted by molar-refractivity contribution is 6.03. The SMILES string of the molecule is COc1ccccc1NC(=O)c1ccc(C#N)cn1. The van der Waals surface area contributed by atoms with Crippen molar-refractivity contribution in [3.8, 4) is 11.8 Å². The summed E-state index contributed by atoms with van der Waals surface area (Å²) in [6.45, 7) is 0. The van der Waals surface area contributed by atoms with Gasteiger partial charge in [-0.25, -0.2) is 4.98 Å². The third kappa shape index (κ3) is 2.87. The summed E-state index contributed by atoms with van der Waals surface area (Å²) in [5, 5.41) is 11.4. The van der Waals surface area contributed by atoms with Gasteiger partial charge in [-0.15, -0.1) is 0 Å². The standard InChI is InChI=1S/C14H11N3O2/c1-19-13-5-3-2-4-11(13)17-14(18)12-7-6-10(8-15)9-16-12/h2-7,9H,1H3,(H,17,18). The Morgan fingerprint density at radius 1 is 1.32 bits per heavy atom. The number of ether oxygens (including phenoxy) is 1.